The second-order valence-electron chi connectivity index (χ2n) is 6.50. The molecule has 1 aromatic carbocycles. The fourth-order valence-electron chi connectivity index (χ4n) is 3.40. The van der Waals surface area contributed by atoms with Crippen LogP contribution in [0.3, 0.4) is 0 Å². The minimum absolute atomic E-state index is 0.0545. The Hall–Kier alpha value is -2.19. The first-order valence-corrected chi connectivity index (χ1v) is 10.2. The highest BCUT2D eigenvalue weighted by molar-refractivity contribution is 8.27. The van der Waals surface area contributed by atoms with Gasteiger partial charge in [-0.2, -0.15) is 0 Å². The molecule has 0 atom stereocenters. The first kappa shape index (κ1) is 17.2. The molecular formula is C19H21N3O3S. The van der Waals surface area contributed by atoms with Crippen LogP contribution in [0.1, 0.15) is 21.6 Å². The summed E-state index contributed by atoms with van der Waals surface area (Å²) in [6, 6.07) is 11.0. The van der Waals surface area contributed by atoms with Gasteiger partial charge in [0.05, 0.1) is 10.6 Å². The molecule has 0 spiro atoms. The van der Waals surface area contributed by atoms with E-state index < -0.39 is 10.6 Å². The standard InChI is InChI=1S/C19H21N3O3S/c23-19(17-5-3-6-18-16(17)7-13-26(18,24)25)22-11-9-21(10-12-22)14-15-4-1-2-8-20-15/h1-8,13,24-25H,9-12,14H2. The van der Waals surface area contributed by atoms with Crippen molar-refractivity contribution in [3.63, 3.8) is 0 Å². The van der Waals surface area contributed by atoms with Crippen molar-refractivity contribution < 1.29 is 13.9 Å². The highest BCUT2D eigenvalue weighted by Crippen LogP contribution is 2.56. The van der Waals surface area contributed by atoms with Crippen molar-refractivity contribution in [2.45, 2.75) is 11.4 Å². The van der Waals surface area contributed by atoms with Gasteiger partial charge in [0.25, 0.3) is 5.91 Å². The summed E-state index contributed by atoms with van der Waals surface area (Å²) in [6.07, 6.45) is 3.44. The maximum Gasteiger partial charge on any atom is 0.254 e. The molecule has 1 amide bonds. The third-order valence-corrected chi connectivity index (χ3v) is 6.33. The molecule has 2 aliphatic heterocycles. The number of hydrogen-bond acceptors (Lipinski definition) is 5. The van der Waals surface area contributed by atoms with Crippen molar-refractivity contribution in [1.82, 2.24) is 14.8 Å². The summed E-state index contributed by atoms with van der Waals surface area (Å²) in [5, 5.41) is 1.39. The van der Waals surface area contributed by atoms with Crippen molar-refractivity contribution in [3.8, 4) is 0 Å². The Bertz CT molecular complexity index is 846. The molecule has 1 saturated heterocycles. The van der Waals surface area contributed by atoms with Gasteiger partial charge in [0.1, 0.15) is 0 Å². The number of carbonyl (C=O) groups is 1. The number of amides is 1. The van der Waals surface area contributed by atoms with Crippen LogP contribution < -0.4 is 0 Å². The number of piperazine rings is 1. The second kappa shape index (κ2) is 6.85. The van der Waals surface area contributed by atoms with E-state index in [1.165, 1.54) is 5.41 Å². The Balaban J connectivity index is 1.44. The zero-order chi connectivity index (χ0) is 18.1. The van der Waals surface area contributed by atoms with Crippen LogP contribution in [-0.2, 0) is 6.54 Å². The molecule has 1 aromatic heterocycles. The predicted molar refractivity (Wildman–Crippen MR) is 102 cm³/mol. The van der Waals surface area contributed by atoms with E-state index in [0.29, 0.717) is 29.1 Å². The molecule has 3 heterocycles. The van der Waals surface area contributed by atoms with Gasteiger partial charge in [-0.05, 0) is 30.3 Å². The molecule has 2 aliphatic rings. The largest absolute Gasteiger partial charge is 0.336 e. The lowest BCUT2D eigenvalue weighted by atomic mass is 10.1. The third-order valence-electron chi connectivity index (χ3n) is 4.82. The summed E-state index contributed by atoms with van der Waals surface area (Å²) in [5.41, 5.74) is 2.20. The maximum absolute atomic E-state index is 12.9. The minimum atomic E-state index is -2.90. The molecule has 136 valence electrons. The molecule has 1 fully saturated rings. The summed E-state index contributed by atoms with van der Waals surface area (Å²) in [4.78, 5) is 21.9. The molecule has 4 rings (SSSR count). The quantitative estimate of drug-likeness (QED) is 0.867. The Morgan fingerprint density at radius 3 is 2.62 bits per heavy atom. The number of fused-ring (bicyclic) bond motifs is 1. The topological polar surface area (TPSA) is 76.9 Å². The van der Waals surface area contributed by atoms with Gasteiger partial charge in [-0.3, -0.25) is 23.8 Å². The molecule has 0 aliphatic carbocycles. The second-order valence-corrected chi connectivity index (χ2v) is 8.40. The third kappa shape index (κ3) is 3.26. The lowest BCUT2D eigenvalue weighted by molar-refractivity contribution is 0.0626. The van der Waals surface area contributed by atoms with Gasteiger partial charge < -0.3 is 4.90 Å². The van der Waals surface area contributed by atoms with Crippen LogP contribution in [0.4, 0.5) is 0 Å². The number of rotatable bonds is 3. The van der Waals surface area contributed by atoms with Gasteiger partial charge in [-0.15, -0.1) is 10.6 Å². The number of nitrogens with zero attached hydrogens (tertiary/aromatic N) is 3. The summed E-state index contributed by atoms with van der Waals surface area (Å²) in [5.74, 6) is -0.0545. The van der Waals surface area contributed by atoms with Crippen LogP contribution in [0.25, 0.3) is 6.08 Å². The predicted octanol–water partition coefficient (Wildman–Crippen LogP) is 3.13. The van der Waals surface area contributed by atoms with Gasteiger partial charge in [0, 0.05) is 55.5 Å². The molecule has 2 N–H and O–H groups in total. The Morgan fingerprint density at radius 1 is 1.08 bits per heavy atom. The molecule has 0 saturated carbocycles. The molecule has 2 aromatic rings. The fraction of sp³-hybridized carbons (Fsp3) is 0.263. The highest BCUT2D eigenvalue weighted by Gasteiger charge is 2.29. The summed E-state index contributed by atoms with van der Waals surface area (Å²) in [6.45, 7) is 3.67. The van der Waals surface area contributed by atoms with Crippen molar-refractivity contribution in [1.29, 1.82) is 0 Å². The zero-order valence-electron chi connectivity index (χ0n) is 14.3. The molecule has 7 heteroatoms. The van der Waals surface area contributed by atoms with Crippen LogP contribution in [0.15, 0.2) is 52.9 Å². The summed E-state index contributed by atoms with van der Waals surface area (Å²) < 4.78 is 20.1. The normalized spacial score (nSPS) is 20.0. The first-order valence-electron chi connectivity index (χ1n) is 8.55. The SMILES string of the molecule is O=C(c1cccc2c1C=CS2(O)O)N1CCN(Cc2ccccn2)CC1. The van der Waals surface area contributed by atoms with E-state index in [0.717, 1.165) is 25.3 Å². The molecule has 0 radical (unpaired) electrons. The Morgan fingerprint density at radius 2 is 1.88 bits per heavy atom. The fourth-order valence-corrected chi connectivity index (χ4v) is 4.65. The van der Waals surface area contributed by atoms with Crippen LogP contribution in [0, 0.1) is 0 Å². The first-order chi connectivity index (χ1) is 12.5. The van der Waals surface area contributed by atoms with E-state index in [9.17, 15) is 13.9 Å². The number of aromatic nitrogens is 1. The van der Waals surface area contributed by atoms with Crippen LogP contribution >= 0.6 is 10.6 Å². The molecule has 0 unspecified atom stereocenters. The Kier molecular flexibility index (Phi) is 4.54. The van der Waals surface area contributed by atoms with Gasteiger partial charge in [0.2, 0.25) is 0 Å². The van der Waals surface area contributed by atoms with Gasteiger partial charge >= 0.3 is 0 Å². The minimum Gasteiger partial charge on any atom is -0.336 e. The van der Waals surface area contributed by atoms with E-state index >= 15 is 0 Å². The molecule has 6 nitrogen and oxygen atoms in total. The molecule has 0 bridgehead atoms. The van der Waals surface area contributed by atoms with Gasteiger partial charge in [0.15, 0.2) is 0 Å². The number of pyridine rings is 1. The van der Waals surface area contributed by atoms with Crippen molar-refractivity contribution in [3.05, 3.63) is 64.8 Å². The Labute approximate surface area is 154 Å². The van der Waals surface area contributed by atoms with Gasteiger partial charge in [-0.25, -0.2) is 0 Å². The van der Waals surface area contributed by atoms with Crippen molar-refractivity contribution in [2.75, 3.05) is 26.2 Å². The van der Waals surface area contributed by atoms with Crippen molar-refractivity contribution in [2.24, 2.45) is 0 Å². The van der Waals surface area contributed by atoms with Gasteiger partial charge in [-0.1, -0.05) is 12.1 Å². The smallest absolute Gasteiger partial charge is 0.254 e. The monoisotopic (exact) mass is 371 g/mol. The van der Waals surface area contributed by atoms with Crippen molar-refractivity contribution >= 4 is 22.6 Å². The van der Waals surface area contributed by atoms with E-state index in [-0.39, 0.29) is 5.91 Å². The average Bonchev–Trinajstić information content (AvgIpc) is 2.98. The number of benzene rings is 1. The van der Waals surface area contributed by atoms with Crippen LogP contribution in [-0.4, -0.2) is 56.0 Å². The van der Waals surface area contributed by atoms with E-state index in [1.54, 1.807) is 30.5 Å². The van der Waals surface area contributed by atoms with Crippen LogP contribution in [0.2, 0.25) is 0 Å². The van der Waals surface area contributed by atoms with E-state index in [2.05, 4.69) is 9.88 Å². The average molecular weight is 371 g/mol. The lowest BCUT2D eigenvalue weighted by Crippen LogP contribution is -2.48. The van der Waals surface area contributed by atoms with E-state index in [4.69, 9.17) is 0 Å². The lowest BCUT2D eigenvalue weighted by Gasteiger charge is -2.35. The highest BCUT2D eigenvalue weighted by atomic mass is 32.3. The van der Waals surface area contributed by atoms with Crippen LogP contribution in [0.5, 0.6) is 0 Å². The number of hydrogen-bond donors (Lipinski definition) is 2. The molecular weight excluding hydrogens is 350 g/mol. The zero-order valence-corrected chi connectivity index (χ0v) is 15.1. The summed E-state index contributed by atoms with van der Waals surface area (Å²) in [7, 11) is -2.90. The summed E-state index contributed by atoms with van der Waals surface area (Å²) >= 11 is 0. The maximum atomic E-state index is 12.9. The van der Waals surface area contributed by atoms with E-state index in [1.807, 2.05) is 23.1 Å². The number of carbonyl (C=O) groups excluding carboxylic acids is 1. The molecule has 26 heavy (non-hydrogen) atoms.